The molecule has 1 N–H and O–H groups in total. The highest BCUT2D eigenvalue weighted by molar-refractivity contribution is 6.07. The molecule has 0 atom stereocenters. The summed E-state index contributed by atoms with van der Waals surface area (Å²) in [6, 6.07) is 10.0. The van der Waals surface area contributed by atoms with Gasteiger partial charge in [0, 0.05) is 18.7 Å². The molecule has 1 aliphatic heterocycles. The smallest absolute Gasteiger partial charge is 0.259 e. The van der Waals surface area contributed by atoms with Crippen LogP contribution in [0.2, 0.25) is 0 Å². The standard InChI is InChI=1S/C23H28N4O2/c1-4-24-14-17-9-11-27(12-10-17)23(28)19-13-20(18-7-5-15(2)6-8-18)25-22-21(19)16(3)26-29-22/h5-8,13,17,24H,4,9-12,14H2,1-3H3. The van der Waals surface area contributed by atoms with Crippen molar-refractivity contribution in [2.45, 2.75) is 33.6 Å². The zero-order valence-corrected chi connectivity index (χ0v) is 17.4. The van der Waals surface area contributed by atoms with E-state index in [1.807, 2.05) is 42.2 Å². The Bertz CT molecular complexity index is 1000. The van der Waals surface area contributed by atoms with Crippen LogP contribution in [0.15, 0.2) is 34.9 Å². The zero-order chi connectivity index (χ0) is 20.4. The Kier molecular flexibility index (Phi) is 5.62. The largest absolute Gasteiger partial charge is 0.339 e. The minimum absolute atomic E-state index is 0.0407. The van der Waals surface area contributed by atoms with Crippen molar-refractivity contribution in [2.75, 3.05) is 26.2 Å². The van der Waals surface area contributed by atoms with Gasteiger partial charge in [0.05, 0.1) is 22.3 Å². The van der Waals surface area contributed by atoms with Gasteiger partial charge in [0.2, 0.25) is 0 Å². The van der Waals surface area contributed by atoms with Crippen molar-refractivity contribution in [3.8, 4) is 11.3 Å². The third-order valence-electron chi connectivity index (χ3n) is 5.78. The van der Waals surface area contributed by atoms with E-state index < -0.39 is 0 Å². The fourth-order valence-corrected chi connectivity index (χ4v) is 3.99. The maximum absolute atomic E-state index is 13.4. The van der Waals surface area contributed by atoms with Gasteiger partial charge >= 0.3 is 0 Å². The Morgan fingerprint density at radius 3 is 2.62 bits per heavy atom. The van der Waals surface area contributed by atoms with Crippen molar-refractivity contribution < 1.29 is 9.32 Å². The van der Waals surface area contributed by atoms with E-state index in [-0.39, 0.29) is 5.91 Å². The van der Waals surface area contributed by atoms with Crippen molar-refractivity contribution in [2.24, 2.45) is 5.92 Å². The van der Waals surface area contributed by atoms with E-state index in [2.05, 4.69) is 29.3 Å². The van der Waals surface area contributed by atoms with Crippen molar-refractivity contribution in [1.82, 2.24) is 20.4 Å². The number of fused-ring (bicyclic) bond motifs is 1. The number of carbonyl (C=O) groups is 1. The predicted octanol–water partition coefficient (Wildman–Crippen LogP) is 3.97. The van der Waals surface area contributed by atoms with Gasteiger partial charge in [-0.05, 0) is 51.8 Å². The van der Waals surface area contributed by atoms with Crippen molar-refractivity contribution in [3.63, 3.8) is 0 Å². The molecule has 0 radical (unpaired) electrons. The van der Waals surface area contributed by atoms with Crippen molar-refractivity contribution >= 4 is 17.0 Å². The molecule has 1 aliphatic rings. The van der Waals surface area contributed by atoms with Crippen molar-refractivity contribution in [3.05, 3.63) is 47.2 Å². The number of likely N-dealkylation sites (tertiary alicyclic amines) is 1. The van der Waals surface area contributed by atoms with E-state index in [0.717, 1.165) is 55.7 Å². The topological polar surface area (TPSA) is 71.3 Å². The summed E-state index contributed by atoms with van der Waals surface area (Å²) in [5, 5.41) is 8.20. The van der Waals surface area contributed by atoms with Crippen LogP contribution in [-0.4, -0.2) is 47.1 Å². The molecule has 6 nitrogen and oxygen atoms in total. The summed E-state index contributed by atoms with van der Waals surface area (Å²) < 4.78 is 5.43. The number of nitrogens with zero attached hydrogens (tertiary/aromatic N) is 3. The predicted molar refractivity (Wildman–Crippen MR) is 114 cm³/mol. The first-order chi connectivity index (χ1) is 14.1. The summed E-state index contributed by atoms with van der Waals surface area (Å²) in [6.07, 6.45) is 2.06. The second-order valence-corrected chi connectivity index (χ2v) is 7.91. The van der Waals surface area contributed by atoms with E-state index in [0.29, 0.717) is 22.9 Å². The van der Waals surface area contributed by atoms with Crippen LogP contribution < -0.4 is 5.32 Å². The molecular formula is C23H28N4O2. The molecule has 6 heteroatoms. The van der Waals surface area contributed by atoms with Gasteiger partial charge in [-0.1, -0.05) is 41.9 Å². The summed E-state index contributed by atoms with van der Waals surface area (Å²) in [5.74, 6) is 0.677. The van der Waals surface area contributed by atoms with E-state index in [1.54, 1.807) is 0 Å². The second-order valence-electron chi connectivity index (χ2n) is 7.91. The minimum Gasteiger partial charge on any atom is -0.339 e. The molecule has 4 rings (SSSR count). The third-order valence-corrected chi connectivity index (χ3v) is 5.78. The van der Waals surface area contributed by atoms with Crippen LogP contribution in [0, 0.1) is 19.8 Å². The number of amides is 1. The number of hydrogen-bond acceptors (Lipinski definition) is 5. The Hall–Kier alpha value is -2.73. The van der Waals surface area contributed by atoms with E-state index in [9.17, 15) is 4.79 Å². The van der Waals surface area contributed by atoms with Crippen molar-refractivity contribution in [1.29, 1.82) is 0 Å². The molecule has 2 aromatic heterocycles. The highest BCUT2D eigenvalue weighted by Crippen LogP contribution is 2.29. The summed E-state index contributed by atoms with van der Waals surface area (Å²) in [6.45, 7) is 9.61. The average Bonchev–Trinajstić information content (AvgIpc) is 3.13. The molecule has 0 spiro atoms. The SMILES string of the molecule is CCNCC1CCN(C(=O)c2cc(-c3ccc(C)cc3)nc3onc(C)c23)CC1. The number of aromatic nitrogens is 2. The number of nitrogens with one attached hydrogen (secondary N) is 1. The summed E-state index contributed by atoms with van der Waals surface area (Å²) in [5.41, 5.74) is 4.64. The van der Waals surface area contributed by atoms with Gasteiger partial charge in [0.15, 0.2) is 0 Å². The van der Waals surface area contributed by atoms with E-state index in [4.69, 9.17) is 4.52 Å². The fourth-order valence-electron chi connectivity index (χ4n) is 3.99. The number of aryl methyl sites for hydroxylation is 2. The molecule has 29 heavy (non-hydrogen) atoms. The molecule has 1 aromatic carbocycles. The molecule has 1 amide bonds. The summed E-state index contributed by atoms with van der Waals surface area (Å²) >= 11 is 0. The van der Waals surface area contributed by atoms with E-state index in [1.165, 1.54) is 5.56 Å². The molecule has 3 heterocycles. The highest BCUT2D eigenvalue weighted by atomic mass is 16.5. The molecule has 0 bridgehead atoms. The third kappa shape index (κ3) is 4.03. The van der Waals surface area contributed by atoms with Gasteiger partial charge in [-0.25, -0.2) is 4.98 Å². The Labute approximate surface area is 171 Å². The van der Waals surface area contributed by atoms with Crippen LogP contribution in [0.5, 0.6) is 0 Å². The van der Waals surface area contributed by atoms with Gasteiger partial charge in [0.25, 0.3) is 11.6 Å². The quantitative estimate of drug-likeness (QED) is 0.711. The lowest BCUT2D eigenvalue weighted by Gasteiger charge is -2.32. The van der Waals surface area contributed by atoms with Crippen LogP contribution in [-0.2, 0) is 0 Å². The maximum atomic E-state index is 13.4. The number of carbonyl (C=O) groups excluding carboxylic acids is 1. The number of piperidine rings is 1. The van der Waals surface area contributed by atoms with Crippen LogP contribution in [0.4, 0.5) is 0 Å². The molecule has 1 fully saturated rings. The molecule has 0 saturated carbocycles. The van der Waals surface area contributed by atoms with Gasteiger partial charge in [-0.15, -0.1) is 0 Å². The maximum Gasteiger partial charge on any atom is 0.259 e. The fraction of sp³-hybridized carbons (Fsp3) is 0.435. The Balaban J connectivity index is 1.64. The highest BCUT2D eigenvalue weighted by Gasteiger charge is 2.27. The van der Waals surface area contributed by atoms with Gasteiger partial charge in [0.1, 0.15) is 0 Å². The Morgan fingerprint density at radius 2 is 1.93 bits per heavy atom. The van der Waals surface area contributed by atoms with Crippen LogP contribution in [0.1, 0.15) is 41.4 Å². The summed E-state index contributed by atoms with van der Waals surface area (Å²) in [4.78, 5) is 20.0. The first-order valence-corrected chi connectivity index (χ1v) is 10.4. The first kappa shape index (κ1) is 19.6. The van der Waals surface area contributed by atoms with Crippen LogP contribution in [0.25, 0.3) is 22.4 Å². The zero-order valence-electron chi connectivity index (χ0n) is 17.4. The van der Waals surface area contributed by atoms with Crippen LogP contribution >= 0.6 is 0 Å². The molecule has 152 valence electrons. The molecule has 1 saturated heterocycles. The summed E-state index contributed by atoms with van der Waals surface area (Å²) in [7, 11) is 0. The number of rotatable bonds is 5. The monoisotopic (exact) mass is 392 g/mol. The average molecular weight is 393 g/mol. The minimum atomic E-state index is 0.0407. The lowest BCUT2D eigenvalue weighted by molar-refractivity contribution is 0.0692. The second kappa shape index (κ2) is 8.33. The number of pyridine rings is 1. The van der Waals surface area contributed by atoms with E-state index >= 15 is 0 Å². The van der Waals surface area contributed by atoms with Gasteiger partial charge < -0.3 is 14.7 Å². The van der Waals surface area contributed by atoms with Crippen LogP contribution in [0.3, 0.4) is 0 Å². The van der Waals surface area contributed by atoms with Gasteiger partial charge in [-0.2, -0.15) is 0 Å². The van der Waals surface area contributed by atoms with Gasteiger partial charge in [-0.3, -0.25) is 4.79 Å². The molecular weight excluding hydrogens is 364 g/mol. The molecule has 3 aromatic rings. The lowest BCUT2D eigenvalue weighted by Crippen LogP contribution is -2.40. The normalized spacial score (nSPS) is 15.2. The first-order valence-electron chi connectivity index (χ1n) is 10.4. The number of hydrogen-bond donors (Lipinski definition) is 1. The molecule has 0 aliphatic carbocycles. The molecule has 0 unspecified atom stereocenters. The number of benzene rings is 1. The lowest BCUT2D eigenvalue weighted by atomic mass is 9.95. The Morgan fingerprint density at radius 1 is 1.21 bits per heavy atom.